The summed E-state index contributed by atoms with van der Waals surface area (Å²) in [4.78, 5) is 16.5. The van der Waals surface area contributed by atoms with Crippen molar-refractivity contribution in [1.82, 2.24) is 4.98 Å². The Morgan fingerprint density at radius 3 is 2.94 bits per heavy atom. The molecule has 1 heterocycles. The van der Waals surface area contributed by atoms with E-state index in [2.05, 4.69) is 10.3 Å². The molecule has 5 nitrogen and oxygen atoms in total. The zero-order valence-electron chi connectivity index (χ0n) is 9.80. The Bertz CT molecular complexity index is 580. The molecular formula is C12H13N3O2S. The number of carbonyl (C=O) groups is 1. The summed E-state index contributed by atoms with van der Waals surface area (Å²) in [5, 5.41) is 12.2. The zero-order chi connectivity index (χ0) is 13.1. The lowest BCUT2D eigenvalue weighted by Gasteiger charge is -2.05. The van der Waals surface area contributed by atoms with Crippen molar-refractivity contribution in [2.24, 2.45) is 0 Å². The van der Waals surface area contributed by atoms with Crippen molar-refractivity contribution in [3.8, 4) is 0 Å². The minimum atomic E-state index is -0.239. The second kappa shape index (κ2) is 5.16. The molecule has 2 aromatic rings. The summed E-state index contributed by atoms with van der Waals surface area (Å²) in [6, 6.07) is 7.04. The Labute approximate surface area is 108 Å². The van der Waals surface area contributed by atoms with Crippen molar-refractivity contribution < 1.29 is 9.90 Å². The van der Waals surface area contributed by atoms with Gasteiger partial charge in [0.25, 0.3) is 5.91 Å². The molecule has 2 rings (SSSR count). The van der Waals surface area contributed by atoms with Gasteiger partial charge < -0.3 is 16.2 Å². The number of nitrogens with two attached hydrogens (primary N) is 1. The van der Waals surface area contributed by atoms with E-state index in [9.17, 15) is 4.79 Å². The van der Waals surface area contributed by atoms with E-state index in [1.807, 2.05) is 0 Å². The van der Waals surface area contributed by atoms with Crippen molar-refractivity contribution in [3.05, 3.63) is 40.4 Å². The van der Waals surface area contributed by atoms with Crippen molar-refractivity contribution in [1.29, 1.82) is 0 Å². The molecule has 18 heavy (non-hydrogen) atoms. The SMILES string of the molecule is Cc1nc(N)sc1C(=O)Nc1cccc(CO)c1. The number of aliphatic hydroxyl groups excluding tert-OH is 1. The molecule has 0 radical (unpaired) electrons. The molecule has 0 aliphatic rings. The number of hydrogen-bond acceptors (Lipinski definition) is 5. The van der Waals surface area contributed by atoms with Gasteiger partial charge in [0, 0.05) is 5.69 Å². The molecule has 4 N–H and O–H groups in total. The normalized spacial score (nSPS) is 10.3. The fourth-order valence-corrected chi connectivity index (χ4v) is 2.29. The first kappa shape index (κ1) is 12.5. The van der Waals surface area contributed by atoms with Crippen LogP contribution in [0.3, 0.4) is 0 Å². The van der Waals surface area contributed by atoms with Gasteiger partial charge in [0.15, 0.2) is 5.13 Å². The number of aromatic nitrogens is 1. The number of anilines is 2. The number of thiazole rings is 1. The van der Waals surface area contributed by atoms with Gasteiger partial charge in [-0.3, -0.25) is 4.79 Å². The number of rotatable bonds is 3. The third-order valence-electron chi connectivity index (χ3n) is 2.39. The van der Waals surface area contributed by atoms with Crippen LogP contribution in [0.2, 0.25) is 0 Å². The van der Waals surface area contributed by atoms with Gasteiger partial charge in [-0.05, 0) is 24.6 Å². The van der Waals surface area contributed by atoms with E-state index in [1.165, 1.54) is 0 Å². The molecule has 0 bridgehead atoms. The summed E-state index contributed by atoms with van der Waals surface area (Å²) in [5.41, 5.74) is 7.55. The van der Waals surface area contributed by atoms with Gasteiger partial charge in [-0.15, -0.1) is 0 Å². The van der Waals surface area contributed by atoms with E-state index >= 15 is 0 Å². The molecule has 1 aromatic heterocycles. The lowest BCUT2D eigenvalue weighted by Crippen LogP contribution is -2.11. The predicted molar refractivity (Wildman–Crippen MR) is 71.6 cm³/mol. The molecule has 1 aromatic carbocycles. The molecule has 0 fully saturated rings. The Hall–Kier alpha value is -1.92. The fraction of sp³-hybridized carbons (Fsp3) is 0.167. The van der Waals surface area contributed by atoms with Crippen LogP contribution in [0.4, 0.5) is 10.8 Å². The van der Waals surface area contributed by atoms with Gasteiger partial charge in [0.2, 0.25) is 0 Å². The number of nitrogens with one attached hydrogen (secondary N) is 1. The Kier molecular flexibility index (Phi) is 3.59. The molecule has 94 valence electrons. The quantitative estimate of drug-likeness (QED) is 0.787. The molecule has 0 saturated carbocycles. The van der Waals surface area contributed by atoms with Crippen LogP contribution < -0.4 is 11.1 Å². The lowest BCUT2D eigenvalue weighted by molar-refractivity contribution is 0.103. The molecule has 0 unspecified atom stereocenters. The molecule has 0 aliphatic heterocycles. The van der Waals surface area contributed by atoms with Gasteiger partial charge in [-0.1, -0.05) is 23.5 Å². The number of nitrogen functional groups attached to an aromatic ring is 1. The molecule has 1 amide bonds. The van der Waals surface area contributed by atoms with Crippen molar-refractivity contribution in [2.45, 2.75) is 13.5 Å². The summed E-state index contributed by atoms with van der Waals surface area (Å²) in [6.45, 7) is 1.68. The van der Waals surface area contributed by atoms with Crippen molar-refractivity contribution in [2.75, 3.05) is 11.1 Å². The number of benzene rings is 1. The average molecular weight is 263 g/mol. The second-order valence-electron chi connectivity index (χ2n) is 3.78. The van der Waals surface area contributed by atoms with Crippen LogP contribution in [0, 0.1) is 6.92 Å². The standard InChI is InChI=1S/C12H13N3O2S/c1-7-10(18-12(13)14-7)11(17)15-9-4-2-3-8(5-9)6-16/h2-5,16H,6H2,1H3,(H2,13,14)(H,15,17). The number of aryl methyl sites for hydroxylation is 1. The predicted octanol–water partition coefficient (Wildman–Crippen LogP) is 1.78. The van der Waals surface area contributed by atoms with Crippen LogP contribution in [-0.2, 0) is 6.61 Å². The number of aliphatic hydroxyl groups is 1. The van der Waals surface area contributed by atoms with Crippen LogP contribution in [0.25, 0.3) is 0 Å². The minimum Gasteiger partial charge on any atom is -0.392 e. The van der Waals surface area contributed by atoms with Crippen LogP contribution in [0.1, 0.15) is 20.9 Å². The largest absolute Gasteiger partial charge is 0.392 e. The first-order valence-corrected chi connectivity index (χ1v) is 6.16. The first-order chi connectivity index (χ1) is 8.60. The highest BCUT2D eigenvalue weighted by molar-refractivity contribution is 7.17. The Morgan fingerprint density at radius 1 is 1.56 bits per heavy atom. The smallest absolute Gasteiger partial charge is 0.267 e. The highest BCUT2D eigenvalue weighted by atomic mass is 32.1. The molecule has 0 aliphatic carbocycles. The lowest BCUT2D eigenvalue weighted by atomic mass is 10.2. The van der Waals surface area contributed by atoms with Crippen LogP contribution in [0.15, 0.2) is 24.3 Å². The van der Waals surface area contributed by atoms with E-state index in [0.29, 0.717) is 21.4 Å². The first-order valence-electron chi connectivity index (χ1n) is 5.34. The van der Waals surface area contributed by atoms with Crippen LogP contribution >= 0.6 is 11.3 Å². The highest BCUT2D eigenvalue weighted by Gasteiger charge is 2.14. The maximum Gasteiger partial charge on any atom is 0.267 e. The Balaban J connectivity index is 2.18. The summed E-state index contributed by atoms with van der Waals surface area (Å²) in [5.74, 6) is -0.239. The van der Waals surface area contributed by atoms with E-state index in [4.69, 9.17) is 10.8 Å². The summed E-state index contributed by atoms with van der Waals surface area (Å²) < 4.78 is 0. The topological polar surface area (TPSA) is 88.2 Å². The number of carbonyl (C=O) groups excluding carboxylic acids is 1. The minimum absolute atomic E-state index is 0.0593. The number of amides is 1. The second-order valence-corrected chi connectivity index (χ2v) is 4.81. The molecule has 0 atom stereocenters. The third kappa shape index (κ3) is 2.66. The van der Waals surface area contributed by atoms with E-state index in [0.717, 1.165) is 16.9 Å². The van der Waals surface area contributed by atoms with Gasteiger partial charge in [0.1, 0.15) is 4.88 Å². The van der Waals surface area contributed by atoms with E-state index in [-0.39, 0.29) is 12.5 Å². The monoisotopic (exact) mass is 263 g/mol. The fourth-order valence-electron chi connectivity index (χ4n) is 1.56. The molecule has 6 heteroatoms. The number of hydrogen-bond donors (Lipinski definition) is 3. The molecular weight excluding hydrogens is 250 g/mol. The third-order valence-corrected chi connectivity index (χ3v) is 3.37. The highest BCUT2D eigenvalue weighted by Crippen LogP contribution is 2.21. The maximum atomic E-state index is 12.0. The summed E-state index contributed by atoms with van der Waals surface area (Å²) in [6.07, 6.45) is 0. The van der Waals surface area contributed by atoms with Gasteiger partial charge >= 0.3 is 0 Å². The van der Waals surface area contributed by atoms with Gasteiger partial charge in [-0.25, -0.2) is 4.98 Å². The maximum absolute atomic E-state index is 12.0. The van der Waals surface area contributed by atoms with Crippen molar-refractivity contribution in [3.63, 3.8) is 0 Å². The van der Waals surface area contributed by atoms with E-state index in [1.54, 1.807) is 31.2 Å². The van der Waals surface area contributed by atoms with Gasteiger partial charge in [-0.2, -0.15) is 0 Å². The molecule has 0 saturated heterocycles. The zero-order valence-corrected chi connectivity index (χ0v) is 10.6. The van der Waals surface area contributed by atoms with Crippen LogP contribution in [-0.4, -0.2) is 16.0 Å². The Morgan fingerprint density at radius 2 is 2.33 bits per heavy atom. The van der Waals surface area contributed by atoms with Crippen LogP contribution in [0.5, 0.6) is 0 Å². The summed E-state index contributed by atoms with van der Waals surface area (Å²) in [7, 11) is 0. The van der Waals surface area contributed by atoms with E-state index < -0.39 is 0 Å². The van der Waals surface area contributed by atoms with Crippen molar-refractivity contribution >= 4 is 28.1 Å². The molecule has 0 spiro atoms. The number of nitrogens with zero attached hydrogens (tertiary/aromatic N) is 1. The van der Waals surface area contributed by atoms with Gasteiger partial charge in [0.05, 0.1) is 12.3 Å². The summed E-state index contributed by atoms with van der Waals surface area (Å²) >= 11 is 1.16. The average Bonchev–Trinajstić information content (AvgIpc) is 2.69.